The van der Waals surface area contributed by atoms with E-state index in [9.17, 15) is 18.0 Å². The fourth-order valence-corrected chi connectivity index (χ4v) is 4.22. The van der Waals surface area contributed by atoms with Gasteiger partial charge in [0.2, 0.25) is 0 Å². The van der Waals surface area contributed by atoms with Gasteiger partial charge in [-0.1, -0.05) is 11.2 Å². The van der Waals surface area contributed by atoms with Crippen LogP contribution in [-0.2, 0) is 28.7 Å². The summed E-state index contributed by atoms with van der Waals surface area (Å²) in [5, 5.41) is 20.2. The highest BCUT2D eigenvalue weighted by atomic mass is 32.1. The average Bonchev–Trinajstić information content (AvgIpc) is 3.39. The van der Waals surface area contributed by atoms with Crippen molar-refractivity contribution >= 4 is 28.4 Å². The highest BCUT2D eigenvalue weighted by molar-refractivity contribution is 7.17. The first-order chi connectivity index (χ1) is 14.2. The van der Waals surface area contributed by atoms with Crippen LogP contribution in [-0.4, -0.2) is 39.0 Å². The predicted molar refractivity (Wildman–Crippen MR) is 97.2 cm³/mol. The number of fused-ring (bicyclic) bond motifs is 1. The lowest BCUT2D eigenvalue weighted by Gasteiger charge is -2.12. The predicted octanol–water partition coefficient (Wildman–Crippen LogP) is 4.16. The Morgan fingerprint density at radius 1 is 1.23 bits per heavy atom. The normalized spacial score (nSPS) is 15.6. The van der Waals surface area contributed by atoms with Gasteiger partial charge in [0.15, 0.2) is 0 Å². The van der Waals surface area contributed by atoms with E-state index < -0.39 is 18.2 Å². The molecular formula is C17H16F3N3O6S. The minimum absolute atomic E-state index is 0.243. The van der Waals surface area contributed by atoms with E-state index in [1.165, 1.54) is 11.3 Å². The summed E-state index contributed by atoms with van der Waals surface area (Å²) < 4.78 is 48.7. The summed E-state index contributed by atoms with van der Waals surface area (Å²) in [4.78, 5) is 25.3. The lowest BCUT2D eigenvalue weighted by atomic mass is 10.1. The van der Waals surface area contributed by atoms with Crippen LogP contribution in [0.3, 0.4) is 0 Å². The zero-order chi connectivity index (χ0) is 21.9. The number of alkyl halides is 3. The van der Waals surface area contributed by atoms with Crippen LogP contribution in [0, 0.1) is 0 Å². The summed E-state index contributed by atoms with van der Waals surface area (Å²) in [5.41, 5.74) is 1.83. The van der Waals surface area contributed by atoms with E-state index in [1.54, 1.807) is 0 Å². The lowest BCUT2D eigenvalue weighted by molar-refractivity contribution is -0.146. The lowest BCUT2D eigenvalue weighted by Crippen LogP contribution is -2.13. The monoisotopic (exact) mass is 447 g/mol. The molecule has 162 valence electrons. The molecule has 2 aromatic rings. The molecule has 13 heteroatoms. The van der Waals surface area contributed by atoms with Crippen molar-refractivity contribution in [3.63, 3.8) is 0 Å². The zero-order valence-electron chi connectivity index (χ0n) is 15.3. The number of nitrogens with zero attached hydrogens (tertiary/aromatic N) is 2. The zero-order valence-corrected chi connectivity index (χ0v) is 16.1. The Balaban J connectivity index is 0.000000589. The first kappa shape index (κ1) is 21.8. The first-order valence-electron chi connectivity index (χ1n) is 8.72. The number of hydrogen-bond acceptors (Lipinski definition) is 7. The largest absolute Gasteiger partial charge is 0.503 e. The molecule has 0 unspecified atom stereocenters. The SMILES string of the molecule is O=C(Nc1sc2c(c1-c1nc(C(F)(F)F)no1)CCOC2)C1=CCCC1.O=C(O)O. The molecule has 1 aliphatic carbocycles. The van der Waals surface area contributed by atoms with Crippen molar-refractivity contribution < 1.29 is 42.2 Å². The molecule has 1 aliphatic heterocycles. The fraction of sp³-hybridized carbons (Fsp3) is 0.412. The number of ether oxygens (including phenoxy) is 1. The van der Waals surface area contributed by atoms with Gasteiger partial charge in [-0.15, -0.1) is 11.3 Å². The molecule has 0 spiro atoms. The molecule has 4 rings (SSSR count). The van der Waals surface area contributed by atoms with Crippen LogP contribution < -0.4 is 5.32 Å². The van der Waals surface area contributed by atoms with Crippen LogP contribution in [0.1, 0.15) is 35.5 Å². The molecule has 0 saturated carbocycles. The molecule has 3 heterocycles. The standard InChI is InChI=1S/C16H14F3N3O3S.CH2O3/c17-16(18,19)15-21-13(25-22-15)11-9-5-6-24-7-10(9)26-14(11)20-12(23)8-3-1-2-4-8;2-1(3)4/h3H,1-2,4-7H2,(H,20,23);(H2,2,3,4). The molecule has 0 fully saturated rings. The van der Waals surface area contributed by atoms with E-state index in [-0.39, 0.29) is 11.8 Å². The van der Waals surface area contributed by atoms with Crippen molar-refractivity contribution in [1.82, 2.24) is 10.1 Å². The van der Waals surface area contributed by atoms with Crippen molar-refractivity contribution in [2.75, 3.05) is 11.9 Å². The second kappa shape index (κ2) is 8.83. The molecule has 0 bridgehead atoms. The van der Waals surface area contributed by atoms with E-state index in [0.29, 0.717) is 42.2 Å². The van der Waals surface area contributed by atoms with Gasteiger partial charge >= 0.3 is 12.3 Å². The number of anilines is 1. The molecule has 30 heavy (non-hydrogen) atoms. The second-order valence-corrected chi connectivity index (χ2v) is 7.39. The van der Waals surface area contributed by atoms with E-state index in [1.807, 2.05) is 6.08 Å². The third-order valence-electron chi connectivity index (χ3n) is 4.27. The number of hydrogen-bond donors (Lipinski definition) is 3. The maximum atomic E-state index is 12.8. The van der Waals surface area contributed by atoms with Crippen molar-refractivity contribution in [3.05, 3.63) is 27.9 Å². The topological polar surface area (TPSA) is 135 Å². The van der Waals surface area contributed by atoms with Gasteiger partial charge in [0.05, 0.1) is 18.8 Å². The Labute approximate surface area is 171 Å². The highest BCUT2D eigenvalue weighted by Gasteiger charge is 2.38. The van der Waals surface area contributed by atoms with Crippen LogP contribution in [0.5, 0.6) is 0 Å². The van der Waals surface area contributed by atoms with Gasteiger partial charge in [-0.25, -0.2) is 4.79 Å². The number of carbonyl (C=O) groups is 2. The number of halogens is 3. The summed E-state index contributed by atoms with van der Waals surface area (Å²) in [5.74, 6) is -1.83. The number of aromatic nitrogens is 2. The molecule has 0 saturated heterocycles. The highest BCUT2D eigenvalue weighted by Crippen LogP contribution is 2.43. The summed E-state index contributed by atoms with van der Waals surface area (Å²) in [6.07, 6.45) is -1.69. The number of allylic oxidation sites excluding steroid dienone is 1. The average molecular weight is 447 g/mol. The van der Waals surface area contributed by atoms with Gasteiger partial charge < -0.3 is 24.8 Å². The summed E-state index contributed by atoms with van der Waals surface area (Å²) in [7, 11) is 0. The van der Waals surface area contributed by atoms with Crippen molar-refractivity contribution in [1.29, 1.82) is 0 Å². The third-order valence-corrected chi connectivity index (χ3v) is 5.39. The molecule has 3 N–H and O–H groups in total. The Morgan fingerprint density at radius 3 is 2.57 bits per heavy atom. The summed E-state index contributed by atoms with van der Waals surface area (Å²) in [6, 6.07) is 0. The Hall–Kier alpha value is -2.93. The van der Waals surface area contributed by atoms with Crippen LogP contribution >= 0.6 is 11.3 Å². The second-order valence-electron chi connectivity index (χ2n) is 6.29. The van der Waals surface area contributed by atoms with Gasteiger partial charge in [-0.3, -0.25) is 4.79 Å². The minimum Gasteiger partial charge on any atom is -0.450 e. The minimum atomic E-state index is -4.70. The Morgan fingerprint density at radius 2 is 1.97 bits per heavy atom. The van der Waals surface area contributed by atoms with Gasteiger partial charge in [0.25, 0.3) is 17.6 Å². The molecule has 2 aromatic heterocycles. The maximum absolute atomic E-state index is 12.8. The Bertz CT molecular complexity index is 978. The summed E-state index contributed by atoms with van der Waals surface area (Å²) in [6.45, 7) is 0.779. The van der Waals surface area contributed by atoms with Crippen LogP contribution in [0.25, 0.3) is 11.5 Å². The van der Waals surface area contributed by atoms with E-state index in [4.69, 9.17) is 24.3 Å². The third kappa shape index (κ3) is 4.97. The maximum Gasteiger partial charge on any atom is 0.503 e. The molecule has 9 nitrogen and oxygen atoms in total. The van der Waals surface area contributed by atoms with Crippen LogP contribution in [0.15, 0.2) is 16.2 Å². The molecule has 0 atom stereocenters. The first-order valence-corrected chi connectivity index (χ1v) is 9.54. The summed E-state index contributed by atoms with van der Waals surface area (Å²) >= 11 is 1.27. The number of thiophene rings is 1. The number of carboxylic acid groups (broad SMARTS) is 2. The number of carbonyl (C=O) groups excluding carboxylic acids is 1. The molecule has 1 amide bonds. The molecular weight excluding hydrogens is 431 g/mol. The Kier molecular flexibility index (Phi) is 6.41. The van der Waals surface area contributed by atoms with Gasteiger partial charge in [0, 0.05) is 10.5 Å². The van der Waals surface area contributed by atoms with Crippen molar-refractivity contribution in [2.24, 2.45) is 0 Å². The number of rotatable bonds is 3. The number of amides is 1. The smallest absolute Gasteiger partial charge is 0.450 e. The fourth-order valence-electron chi connectivity index (χ4n) is 3.05. The van der Waals surface area contributed by atoms with Crippen molar-refractivity contribution in [3.8, 4) is 11.5 Å². The quantitative estimate of drug-likeness (QED) is 0.638. The van der Waals surface area contributed by atoms with E-state index >= 15 is 0 Å². The van der Waals surface area contributed by atoms with E-state index in [2.05, 4.69) is 15.5 Å². The van der Waals surface area contributed by atoms with Gasteiger partial charge in [-0.2, -0.15) is 18.2 Å². The number of nitrogens with one attached hydrogen (secondary N) is 1. The van der Waals surface area contributed by atoms with E-state index in [0.717, 1.165) is 23.3 Å². The van der Waals surface area contributed by atoms with Gasteiger partial charge in [0.1, 0.15) is 5.00 Å². The van der Waals surface area contributed by atoms with Gasteiger partial charge in [-0.05, 0) is 31.2 Å². The van der Waals surface area contributed by atoms with Crippen molar-refractivity contribution in [2.45, 2.75) is 38.5 Å². The molecule has 0 radical (unpaired) electrons. The molecule has 0 aromatic carbocycles. The van der Waals surface area contributed by atoms with Crippen LogP contribution in [0.2, 0.25) is 0 Å². The van der Waals surface area contributed by atoms with Crippen LogP contribution in [0.4, 0.5) is 23.0 Å². The molecule has 2 aliphatic rings.